The molecule has 8 heteroatoms. The van der Waals surface area contributed by atoms with Crippen LogP contribution in [-0.4, -0.2) is 15.9 Å². The minimum Gasteiger partial charge on any atom is -0.439 e. The summed E-state index contributed by atoms with van der Waals surface area (Å²) in [4.78, 5) is 22.2. The molecule has 7 nitrogen and oxygen atoms in total. The molecule has 4 aromatic rings. The third-order valence-corrected chi connectivity index (χ3v) is 5.83. The lowest BCUT2D eigenvalue weighted by atomic mass is 9.85. The fourth-order valence-electron chi connectivity index (χ4n) is 3.09. The number of nitriles is 1. The van der Waals surface area contributed by atoms with Gasteiger partial charge in [-0.1, -0.05) is 29.5 Å². The molecule has 2 aromatic carbocycles. The third kappa shape index (κ3) is 4.38. The zero-order chi connectivity index (χ0) is 22.9. The fraction of sp³-hybridized carbons (Fsp3) is 0.167. The van der Waals surface area contributed by atoms with Crippen LogP contribution in [0, 0.1) is 18.3 Å². The normalized spacial score (nSPS) is 11.2. The van der Waals surface area contributed by atoms with Gasteiger partial charge in [-0.3, -0.25) is 4.79 Å². The van der Waals surface area contributed by atoms with Gasteiger partial charge in [0.25, 0.3) is 5.91 Å². The number of aryl methyl sites for hydroxylation is 1. The van der Waals surface area contributed by atoms with Crippen LogP contribution in [0.25, 0.3) is 10.3 Å². The number of nitrogens with one attached hydrogen (secondary N) is 1. The van der Waals surface area contributed by atoms with Gasteiger partial charge in [-0.15, -0.1) is 0 Å². The van der Waals surface area contributed by atoms with Crippen LogP contribution in [0.2, 0.25) is 0 Å². The van der Waals surface area contributed by atoms with Crippen molar-refractivity contribution in [2.45, 2.75) is 26.2 Å². The number of benzene rings is 2. The van der Waals surface area contributed by atoms with E-state index in [0.717, 1.165) is 16.6 Å². The van der Waals surface area contributed by atoms with Crippen molar-refractivity contribution in [3.05, 3.63) is 71.3 Å². The van der Waals surface area contributed by atoms with Crippen LogP contribution in [-0.2, 0) is 5.41 Å². The van der Waals surface area contributed by atoms with E-state index in [1.165, 1.54) is 11.3 Å². The first-order valence-corrected chi connectivity index (χ1v) is 10.7. The summed E-state index contributed by atoms with van der Waals surface area (Å²) in [5, 5.41) is 12.7. The van der Waals surface area contributed by atoms with Gasteiger partial charge in [-0.2, -0.15) is 5.26 Å². The summed E-state index contributed by atoms with van der Waals surface area (Å²) < 4.78 is 5.97. The Hall–Kier alpha value is -3.96. The Morgan fingerprint density at radius 2 is 1.97 bits per heavy atom. The van der Waals surface area contributed by atoms with Gasteiger partial charge in [0, 0.05) is 23.4 Å². The lowest BCUT2D eigenvalue weighted by Crippen LogP contribution is -2.17. The maximum Gasteiger partial charge on any atom is 0.255 e. The molecule has 0 aliphatic rings. The highest BCUT2D eigenvalue weighted by atomic mass is 32.1. The molecule has 0 saturated carbocycles. The van der Waals surface area contributed by atoms with Gasteiger partial charge in [-0.25, -0.2) is 9.97 Å². The number of carbonyl (C=O) groups excluding carboxylic acids is 1. The number of carbonyl (C=O) groups is 1. The van der Waals surface area contributed by atoms with Crippen LogP contribution < -0.4 is 15.8 Å². The molecule has 2 heterocycles. The monoisotopic (exact) mass is 443 g/mol. The predicted octanol–water partition coefficient (Wildman–Crippen LogP) is 5.43. The molecule has 2 aromatic heterocycles. The van der Waals surface area contributed by atoms with E-state index in [9.17, 15) is 10.1 Å². The largest absolute Gasteiger partial charge is 0.439 e. The number of aromatic nitrogens is 2. The molecule has 0 fully saturated rings. The number of hydrogen-bond donors (Lipinski definition) is 2. The highest BCUT2D eigenvalue weighted by Gasteiger charge is 2.21. The zero-order valence-electron chi connectivity index (χ0n) is 17.8. The van der Waals surface area contributed by atoms with Crippen LogP contribution >= 0.6 is 11.3 Å². The average molecular weight is 444 g/mol. The number of rotatable bonds is 5. The second kappa shape index (κ2) is 8.29. The summed E-state index contributed by atoms with van der Waals surface area (Å²) in [5.74, 6) is 0.723. The number of anilines is 2. The molecule has 160 valence electrons. The maximum atomic E-state index is 12.8. The number of hydrogen-bond acceptors (Lipinski definition) is 7. The molecule has 3 N–H and O–H groups in total. The predicted molar refractivity (Wildman–Crippen MR) is 126 cm³/mol. The minimum atomic E-state index is -0.683. The molecule has 32 heavy (non-hydrogen) atoms. The Balaban J connectivity index is 1.55. The molecular weight excluding hydrogens is 422 g/mol. The molecule has 0 radical (unpaired) electrons. The number of nitrogen functional groups attached to an aromatic ring is 1. The molecule has 4 rings (SSSR count). The Bertz CT molecular complexity index is 1370. The summed E-state index contributed by atoms with van der Waals surface area (Å²) in [6.45, 7) is 5.55. The van der Waals surface area contributed by atoms with Gasteiger partial charge >= 0.3 is 0 Å². The molecule has 0 spiro atoms. The Kier molecular flexibility index (Phi) is 5.51. The molecule has 1 amide bonds. The van der Waals surface area contributed by atoms with Gasteiger partial charge in [0.1, 0.15) is 16.1 Å². The van der Waals surface area contributed by atoms with E-state index in [0.29, 0.717) is 32.8 Å². The first-order valence-electron chi connectivity index (χ1n) is 9.90. The lowest BCUT2D eigenvalue weighted by Gasteiger charge is -2.16. The number of thiazole rings is 1. The van der Waals surface area contributed by atoms with Gasteiger partial charge < -0.3 is 15.8 Å². The van der Waals surface area contributed by atoms with Gasteiger partial charge in [0.15, 0.2) is 5.13 Å². The first kappa shape index (κ1) is 21.3. The highest BCUT2D eigenvalue weighted by molar-refractivity contribution is 7.21. The third-order valence-electron chi connectivity index (χ3n) is 5.03. The van der Waals surface area contributed by atoms with E-state index in [4.69, 9.17) is 10.5 Å². The van der Waals surface area contributed by atoms with Crippen molar-refractivity contribution in [2.24, 2.45) is 0 Å². The Morgan fingerprint density at radius 1 is 1.16 bits per heavy atom. The van der Waals surface area contributed by atoms with Crippen molar-refractivity contribution in [2.75, 3.05) is 11.1 Å². The highest BCUT2D eigenvalue weighted by Crippen LogP contribution is 2.30. The van der Waals surface area contributed by atoms with Gasteiger partial charge in [0.2, 0.25) is 5.88 Å². The van der Waals surface area contributed by atoms with Crippen molar-refractivity contribution >= 4 is 38.4 Å². The standard InChI is InChI=1S/C24H21N5O2S/c1-14-7-8-17(27-21(30)15-5-4-6-16(11-15)24(2,3)13-25)12-19(14)31-20-10-9-18-22(29-20)32-23(26)28-18/h4-12H,1-3H3,(H2,26,28)(H,27,30). The van der Waals surface area contributed by atoms with Crippen molar-refractivity contribution in [3.63, 3.8) is 0 Å². The van der Waals surface area contributed by atoms with E-state index < -0.39 is 5.41 Å². The first-order chi connectivity index (χ1) is 15.2. The quantitative estimate of drug-likeness (QED) is 0.425. The lowest BCUT2D eigenvalue weighted by molar-refractivity contribution is 0.102. The number of ether oxygens (including phenoxy) is 1. The topological polar surface area (TPSA) is 114 Å². The molecule has 0 aliphatic carbocycles. The van der Waals surface area contributed by atoms with Gasteiger partial charge in [-0.05, 0) is 56.2 Å². The Labute approximate surface area is 189 Å². The zero-order valence-corrected chi connectivity index (χ0v) is 18.7. The second-order valence-electron chi connectivity index (χ2n) is 7.88. The van der Waals surface area contributed by atoms with Crippen LogP contribution in [0.3, 0.4) is 0 Å². The van der Waals surface area contributed by atoms with Crippen molar-refractivity contribution in [1.29, 1.82) is 5.26 Å². The molecular formula is C24H21N5O2S. The summed E-state index contributed by atoms with van der Waals surface area (Å²) >= 11 is 1.29. The van der Waals surface area contributed by atoms with E-state index in [1.807, 2.05) is 39.0 Å². The van der Waals surface area contributed by atoms with E-state index in [2.05, 4.69) is 21.4 Å². The number of nitrogens with two attached hydrogens (primary N) is 1. The van der Waals surface area contributed by atoms with Gasteiger partial charge in [0.05, 0.1) is 11.5 Å². The summed E-state index contributed by atoms with van der Waals surface area (Å²) in [6.07, 6.45) is 0. The molecule has 0 saturated heterocycles. The van der Waals surface area contributed by atoms with E-state index in [-0.39, 0.29) is 5.91 Å². The average Bonchev–Trinajstić information content (AvgIpc) is 3.15. The van der Waals surface area contributed by atoms with E-state index in [1.54, 1.807) is 36.4 Å². The maximum absolute atomic E-state index is 12.8. The second-order valence-corrected chi connectivity index (χ2v) is 8.89. The number of pyridine rings is 1. The fourth-order valence-corrected chi connectivity index (χ4v) is 3.79. The molecule has 0 aliphatic heterocycles. The van der Waals surface area contributed by atoms with Crippen molar-refractivity contribution in [1.82, 2.24) is 9.97 Å². The number of fused-ring (bicyclic) bond motifs is 1. The van der Waals surface area contributed by atoms with Crippen LogP contribution in [0.4, 0.5) is 10.8 Å². The molecule has 0 bridgehead atoms. The summed E-state index contributed by atoms with van der Waals surface area (Å²) in [6, 6.07) is 18.3. The number of amides is 1. The van der Waals surface area contributed by atoms with Crippen molar-refractivity contribution in [3.8, 4) is 17.7 Å². The summed E-state index contributed by atoms with van der Waals surface area (Å²) in [5.41, 5.74) is 8.52. The SMILES string of the molecule is Cc1ccc(NC(=O)c2cccc(C(C)(C)C#N)c2)cc1Oc1ccc2nc(N)sc2n1. The van der Waals surface area contributed by atoms with E-state index >= 15 is 0 Å². The van der Waals surface area contributed by atoms with Crippen LogP contribution in [0.15, 0.2) is 54.6 Å². The Morgan fingerprint density at radius 3 is 2.75 bits per heavy atom. The number of nitrogens with zero attached hydrogens (tertiary/aromatic N) is 3. The smallest absolute Gasteiger partial charge is 0.255 e. The molecule has 0 atom stereocenters. The van der Waals surface area contributed by atoms with Crippen LogP contribution in [0.1, 0.15) is 35.3 Å². The minimum absolute atomic E-state index is 0.268. The van der Waals surface area contributed by atoms with Crippen molar-refractivity contribution < 1.29 is 9.53 Å². The molecule has 0 unspecified atom stereocenters. The van der Waals surface area contributed by atoms with Crippen LogP contribution in [0.5, 0.6) is 11.6 Å². The summed E-state index contributed by atoms with van der Waals surface area (Å²) in [7, 11) is 0.